The number of hydrogen-bond acceptors (Lipinski definition) is 4. The highest BCUT2D eigenvalue weighted by molar-refractivity contribution is 5.73. The molecule has 1 unspecified atom stereocenters. The lowest BCUT2D eigenvalue weighted by Crippen LogP contribution is -2.43. The molecule has 0 radical (unpaired) electrons. The Morgan fingerprint density at radius 1 is 1.36 bits per heavy atom. The van der Waals surface area contributed by atoms with Crippen LogP contribution in [-0.2, 0) is 12.1 Å². The number of aromatic hydroxyl groups is 1. The van der Waals surface area contributed by atoms with E-state index in [9.17, 15) is 14.3 Å². The van der Waals surface area contributed by atoms with Gasteiger partial charge < -0.3 is 25.3 Å². The minimum Gasteiger partial charge on any atom is -0.505 e. The zero-order valence-corrected chi connectivity index (χ0v) is 12.0. The lowest BCUT2D eigenvalue weighted by Gasteiger charge is -2.21. The minimum absolute atomic E-state index is 0.0454. The number of hydrogen-bond donors (Lipinski definition) is 4. The summed E-state index contributed by atoms with van der Waals surface area (Å²) < 4.78 is 18.2. The first-order valence-electron chi connectivity index (χ1n) is 6.64. The second-order valence-corrected chi connectivity index (χ2v) is 5.07. The first-order valence-corrected chi connectivity index (χ1v) is 6.64. The van der Waals surface area contributed by atoms with Gasteiger partial charge in [0.15, 0.2) is 11.6 Å². The van der Waals surface area contributed by atoms with Gasteiger partial charge in [0.2, 0.25) is 0 Å². The average Bonchev–Trinajstić information content (AvgIpc) is 3.01. The van der Waals surface area contributed by atoms with Crippen LogP contribution in [0.2, 0.25) is 0 Å². The van der Waals surface area contributed by atoms with E-state index in [1.165, 1.54) is 25.3 Å². The maximum Gasteiger partial charge on any atom is 0.315 e. The molecule has 0 bridgehead atoms. The van der Waals surface area contributed by atoms with Crippen LogP contribution in [0, 0.1) is 5.82 Å². The molecule has 2 rings (SSSR count). The summed E-state index contributed by atoms with van der Waals surface area (Å²) in [7, 11) is 0. The van der Waals surface area contributed by atoms with Gasteiger partial charge in [-0.15, -0.1) is 0 Å². The summed E-state index contributed by atoms with van der Waals surface area (Å²) in [5.74, 6) is -0.850. The lowest BCUT2D eigenvalue weighted by atomic mass is 10.0. The van der Waals surface area contributed by atoms with Crippen LogP contribution in [0.4, 0.5) is 9.18 Å². The summed E-state index contributed by atoms with van der Waals surface area (Å²) in [4.78, 5) is 11.7. The molecule has 0 aliphatic heterocycles. The van der Waals surface area contributed by atoms with E-state index in [0.29, 0.717) is 11.3 Å². The Balaban J connectivity index is 1.82. The highest BCUT2D eigenvalue weighted by Gasteiger charge is 2.26. The van der Waals surface area contributed by atoms with E-state index in [4.69, 9.17) is 9.52 Å². The molecule has 7 heteroatoms. The minimum atomic E-state index is -1.33. The fourth-order valence-corrected chi connectivity index (χ4v) is 1.83. The third-order valence-corrected chi connectivity index (χ3v) is 3.11. The maximum absolute atomic E-state index is 13.1. The van der Waals surface area contributed by atoms with Crippen molar-refractivity contribution in [1.82, 2.24) is 10.6 Å². The molecule has 0 fully saturated rings. The van der Waals surface area contributed by atoms with Crippen LogP contribution in [-0.4, -0.2) is 22.8 Å². The van der Waals surface area contributed by atoms with Crippen LogP contribution in [0.15, 0.2) is 41.0 Å². The SMILES string of the molecule is CC(O)(CNC(=O)NCc1ccc(O)c(F)c1)c1ccco1. The Morgan fingerprint density at radius 2 is 2.14 bits per heavy atom. The van der Waals surface area contributed by atoms with Crippen LogP contribution < -0.4 is 10.6 Å². The van der Waals surface area contributed by atoms with E-state index in [1.54, 1.807) is 12.1 Å². The van der Waals surface area contributed by atoms with Crippen LogP contribution >= 0.6 is 0 Å². The fourth-order valence-electron chi connectivity index (χ4n) is 1.83. The van der Waals surface area contributed by atoms with Crippen molar-refractivity contribution >= 4 is 6.03 Å². The molecule has 0 aliphatic rings. The van der Waals surface area contributed by atoms with Gasteiger partial charge in [0.25, 0.3) is 0 Å². The van der Waals surface area contributed by atoms with Crippen LogP contribution in [0.5, 0.6) is 5.75 Å². The number of nitrogens with one attached hydrogen (secondary N) is 2. The second kappa shape index (κ2) is 6.48. The summed E-state index contributed by atoms with van der Waals surface area (Å²) in [6.45, 7) is 1.56. The average molecular weight is 308 g/mol. The normalized spacial score (nSPS) is 13.4. The molecule has 0 saturated carbocycles. The number of benzene rings is 1. The first kappa shape index (κ1) is 15.8. The van der Waals surface area contributed by atoms with Crippen LogP contribution in [0.25, 0.3) is 0 Å². The van der Waals surface area contributed by atoms with Gasteiger partial charge >= 0.3 is 6.03 Å². The highest BCUT2D eigenvalue weighted by Crippen LogP contribution is 2.19. The number of carbonyl (C=O) groups excluding carboxylic acids is 1. The summed E-state index contributed by atoms with van der Waals surface area (Å²) >= 11 is 0. The Morgan fingerprint density at radius 3 is 2.77 bits per heavy atom. The van der Waals surface area contributed by atoms with Crippen molar-refractivity contribution in [3.05, 3.63) is 53.7 Å². The third kappa shape index (κ3) is 3.98. The summed E-state index contributed by atoms with van der Waals surface area (Å²) in [5.41, 5.74) is -0.825. The smallest absolute Gasteiger partial charge is 0.315 e. The molecule has 1 aromatic carbocycles. The molecule has 0 saturated heterocycles. The molecule has 6 nitrogen and oxygen atoms in total. The van der Waals surface area contributed by atoms with Crippen molar-refractivity contribution in [2.75, 3.05) is 6.54 Å². The quantitative estimate of drug-likeness (QED) is 0.678. The predicted octanol–water partition coefficient (Wildman–Crippen LogP) is 1.83. The molecule has 0 aliphatic carbocycles. The van der Waals surface area contributed by atoms with E-state index in [1.807, 2.05) is 0 Å². The largest absolute Gasteiger partial charge is 0.505 e. The number of aliphatic hydroxyl groups is 1. The zero-order valence-electron chi connectivity index (χ0n) is 12.0. The van der Waals surface area contributed by atoms with Gasteiger partial charge in [-0.25, -0.2) is 9.18 Å². The molecule has 1 atom stereocenters. The zero-order chi connectivity index (χ0) is 16.2. The topological polar surface area (TPSA) is 94.7 Å². The van der Waals surface area contributed by atoms with Crippen molar-refractivity contribution in [3.63, 3.8) is 0 Å². The van der Waals surface area contributed by atoms with E-state index >= 15 is 0 Å². The molecule has 22 heavy (non-hydrogen) atoms. The number of amides is 2. The fraction of sp³-hybridized carbons (Fsp3) is 0.267. The standard InChI is InChI=1S/C15H17FN2O4/c1-15(21,13-3-2-6-22-13)9-18-14(20)17-8-10-4-5-12(19)11(16)7-10/h2-7,19,21H,8-9H2,1H3,(H2,17,18,20). The van der Waals surface area contributed by atoms with Crippen molar-refractivity contribution in [1.29, 1.82) is 0 Å². The number of carbonyl (C=O) groups is 1. The highest BCUT2D eigenvalue weighted by atomic mass is 19.1. The molecule has 1 heterocycles. The molecule has 118 valence electrons. The summed E-state index contributed by atoms with van der Waals surface area (Å²) in [6, 6.07) is 6.58. The van der Waals surface area contributed by atoms with Gasteiger partial charge in [-0.1, -0.05) is 6.07 Å². The van der Waals surface area contributed by atoms with Crippen molar-refractivity contribution < 1.29 is 23.8 Å². The number of halogens is 1. The van der Waals surface area contributed by atoms with Crippen molar-refractivity contribution in [3.8, 4) is 5.75 Å². The van der Waals surface area contributed by atoms with Gasteiger partial charge in [0.1, 0.15) is 11.4 Å². The molecule has 2 amide bonds. The van der Waals surface area contributed by atoms with Gasteiger partial charge in [-0.05, 0) is 36.8 Å². The first-order chi connectivity index (χ1) is 10.4. The van der Waals surface area contributed by atoms with Gasteiger partial charge in [0.05, 0.1) is 12.8 Å². The number of furan rings is 1. The predicted molar refractivity (Wildman–Crippen MR) is 76.6 cm³/mol. The third-order valence-electron chi connectivity index (χ3n) is 3.11. The van der Waals surface area contributed by atoms with Crippen LogP contribution in [0.1, 0.15) is 18.2 Å². The number of phenolic OH excluding ortho intramolecular Hbond substituents is 1. The Bertz CT molecular complexity index is 641. The Kier molecular flexibility index (Phi) is 4.67. The maximum atomic E-state index is 13.1. The monoisotopic (exact) mass is 308 g/mol. The van der Waals surface area contributed by atoms with Gasteiger partial charge in [-0.3, -0.25) is 0 Å². The molecular formula is C15H17FN2O4. The molecular weight excluding hydrogens is 291 g/mol. The van der Waals surface area contributed by atoms with E-state index in [0.717, 1.165) is 6.07 Å². The van der Waals surface area contributed by atoms with Gasteiger partial charge in [-0.2, -0.15) is 0 Å². The van der Waals surface area contributed by atoms with Crippen molar-refractivity contribution in [2.45, 2.75) is 19.1 Å². The van der Waals surface area contributed by atoms with E-state index < -0.39 is 23.2 Å². The summed E-state index contributed by atoms with van der Waals surface area (Å²) in [6.07, 6.45) is 1.43. The van der Waals surface area contributed by atoms with E-state index in [-0.39, 0.29) is 13.1 Å². The number of rotatable bonds is 5. The number of phenols is 1. The van der Waals surface area contributed by atoms with Crippen LogP contribution in [0.3, 0.4) is 0 Å². The van der Waals surface area contributed by atoms with E-state index in [2.05, 4.69) is 10.6 Å². The van der Waals surface area contributed by atoms with Gasteiger partial charge in [0, 0.05) is 6.54 Å². The molecule has 0 spiro atoms. The number of urea groups is 1. The summed E-state index contributed by atoms with van der Waals surface area (Å²) in [5, 5.41) is 24.3. The molecule has 4 N–H and O–H groups in total. The Hall–Kier alpha value is -2.54. The van der Waals surface area contributed by atoms with Crippen molar-refractivity contribution in [2.24, 2.45) is 0 Å². The Labute approximate surface area is 126 Å². The lowest BCUT2D eigenvalue weighted by molar-refractivity contribution is 0.0367. The second-order valence-electron chi connectivity index (χ2n) is 5.07. The molecule has 2 aromatic rings. The molecule has 1 aromatic heterocycles.